The second-order valence-corrected chi connectivity index (χ2v) is 4.33. The van der Waals surface area contributed by atoms with Crippen molar-refractivity contribution in [1.29, 1.82) is 0 Å². The summed E-state index contributed by atoms with van der Waals surface area (Å²) in [7, 11) is 0. The van der Waals surface area contributed by atoms with E-state index in [1.807, 2.05) is 30.3 Å². The molecule has 2 heterocycles. The third-order valence-corrected chi connectivity index (χ3v) is 2.95. The molecule has 21 heavy (non-hydrogen) atoms. The van der Waals surface area contributed by atoms with Crippen molar-refractivity contribution in [2.45, 2.75) is 6.04 Å². The summed E-state index contributed by atoms with van der Waals surface area (Å²) in [5.74, 6) is 0.153. The summed E-state index contributed by atoms with van der Waals surface area (Å²) in [6.07, 6.45) is 3.12. The van der Waals surface area contributed by atoms with Crippen LogP contribution < -0.4 is 5.32 Å². The fourth-order valence-electron chi connectivity index (χ4n) is 1.95. The molecule has 7 heteroatoms. The SMILES string of the molecule is O=C(NC(c1ccccc1)c1nn[nH]n1)c1cccnc1. The van der Waals surface area contributed by atoms with E-state index in [0.717, 1.165) is 5.56 Å². The fraction of sp³-hybridized carbons (Fsp3) is 0.0714. The Kier molecular flexibility index (Phi) is 3.64. The van der Waals surface area contributed by atoms with Gasteiger partial charge in [-0.2, -0.15) is 5.21 Å². The molecule has 1 amide bonds. The third kappa shape index (κ3) is 2.92. The highest BCUT2D eigenvalue weighted by Gasteiger charge is 2.21. The lowest BCUT2D eigenvalue weighted by molar-refractivity contribution is 0.0941. The quantitative estimate of drug-likeness (QED) is 0.746. The van der Waals surface area contributed by atoms with E-state index in [-0.39, 0.29) is 5.91 Å². The minimum absolute atomic E-state index is 0.248. The molecule has 3 aromatic rings. The minimum Gasteiger partial charge on any atom is -0.338 e. The summed E-state index contributed by atoms with van der Waals surface area (Å²) >= 11 is 0. The molecule has 0 saturated carbocycles. The number of aromatic nitrogens is 5. The largest absolute Gasteiger partial charge is 0.338 e. The van der Waals surface area contributed by atoms with Crippen LogP contribution >= 0.6 is 0 Å². The van der Waals surface area contributed by atoms with Gasteiger partial charge in [0, 0.05) is 12.4 Å². The predicted molar refractivity (Wildman–Crippen MR) is 74.2 cm³/mol. The van der Waals surface area contributed by atoms with Crippen LogP contribution in [0.5, 0.6) is 0 Å². The topological polar surface area (TPSA) is 96.5 Å². The number of rotatable bonds is 4. The van der Waals surface area contributed by atoms with Crippen molar-refractivity contribution in [3.63, 3.8) is 0 Å². The molecule has 7 nitrogen and oxygen atoms in total. The molecule has 0 spiro atoms. The maximum atomic E-state index is 12.3. The first-order valence-electron chi connectivity index (χ1n) is 6.34. The Bertz CT molecular complexity index is 699. The van der Waals surface area contributed by atoms with Gasteiger partial charge in [-0.15, -0.1) is 10.2 Å². The molecule has 0 saturated heterocycles. The molecule has 1 aromatic carbocycles. The van der Waals surface area contributed by atoms with E-state index in [4.69, 9.17) is 0 Å². The lowest BCUT2D eigenvalue weighted by atomic mass is 10.1. The molecule has 0 fully saturated rings. The Balaban J connectivity index is 1.89. The fourth-order valence-corrected chi connectivity index (χ4v) is 1.95. The first kappa shape index (κ1) is 12.9. The highest BCUT2D eigenvalue weighted by atomic mass is 16.1. The van der Waals surface area contributed by atoms with E-state index in [0.29, 0.717) is 11.4 Å². The molecule has 1 unspecified atom stereocenters. The summed E-state index contributed by atoms with van der Waals surface area (Å²) in [5.41, 5.74) is 1.35. The van der Waals surface area contributed by atoms with Gasteiger partial charge in [0.1, 0.15) is 6.04 Å². The standard InChI is InChI=1S/C14H12N6O/c21-14(11-7-4-8-15-9-11)16-12(13-17-19-20-18-13)10-5-2-1-3-6-10/h1-9,12H,(H,16,21)(H,17,18,19,20). The number of amides is 1. The summed E-state index contributed by atoms with van der Waals surface area (Å²) in [6, 6.07) is 12.4. The van der Waals surface area contributed by atoms with Crippen molar-refractivity contribution in [3.8, 4) is 0 Å². The number of tetrazole rings is 1. The number of H-pyrrole nitrogens is 1. The van der Waals surface area contributed by atoms with Crippen molar-refractivity contribution < 1.29 is 4.79 Å². The summed E-state index contributed by atoms with van der Waals surface area (Å²) in [5, 5.41) is 16.8. The van der Waals surface area contributed by atoms with Crippen LogP contribution in [0.25, 0.3) is 0 Å². The van der Waals surface area contributed by atoms with Gasteiger partial charge in [-0.25, -0.2) is 0 Å². The van der Waals surface area contributed by atoms with Gasteiger partial charge in [0.15, 0.2) is 0 Å². The Labute approximate surface area is 120 Å². The number of hydrogen-bond acceptors (Lipinski definition) is 5. The highest BCUT2D eigenvalue weighted by molar-refractivity contribution is 5.94. The average molecular weight is 280 g/mol. The van der Waals surface area contributed by atoms with Gasteiger partial charge in [-0.05, 0) is 17.7 Å². The summed E-state index contributed by atoms with van der Waals surface area (Å²) < 4.78 is 0. The molecule has 0 aliphatic heterocycles. The Morgan fingerprint density at radius 2 is 2.00 bits per heavy atom. The van der Waals surface area contributed by atoms with Gasteiger partial charge < -0.3 is 5.32 Å². The second kappa shape index (κ2) is 5.91. The lowest BCUT2D eigenvalue weighted by Crippen LogP contribution is -2.30. The van der Waals surface area contributed by atoms with Crippen molar-refractivity contribution in [2.24, 2.45) is 0 Å². The maximum Gasteiger partial charge on any atom is 0.253 e. The van der Waals surface area contributed by atoms with E-state index < -0.39 is 6.04 Å². The van der Waals surface area contributed by atoms with E-state index in [9.17, 15) is 4.79 Å². The Morgan fingerprint density at radius 3 is 2.67 bits per heavy atom. The maximum absolute atomic E-state index is 12.3. The molecule has 2 N–H and O–H groups in total. The van der Waals surface area contributed by atoms with Gasteiger partial charge in [-0.1, -0.05) is 35.5 Å². The summed E-state index contributed by atoms with van der Waals surface area (Å²) in [4.78, 5) is 16.2. The van der Waals surface area contributed by atoms with Crippen LogP contribution in [-0.2, 0) is 0 Å². The van der Waals surface area contributed by atoms with Crippen molar-refractivity contribution in [3.05, 3.63) is 71.8 Å². The molecule has 0 aliphatic rings. The number of aromatic amines is 1. The predicted octanol–water partition coefficient (Wildman–Crippen LogP) is 1.11. The van der Waals surface area contributed by atoms with Gasteiger partial charge >= 0.3 is 0 Å². The molecule has 1 atom stereocenters. The first-order valence-corrected chi connectivity index (χ1v) is 6.34. The number of carbonyl (C=O) groups is 1. The second-order valence-electron chi connectivity index (χ2n) is 4.33. The van der Waals surface area contributed by atoms with Gasteiger partial charge in [0.05, 0.1) is 5.56 Å². The van der Waals surface area contributed by atoms with E-state index in [2.05, 4.69) is 30.9 Å². The average Bonchev–Trinajstić information content (AvgIpc) is 3.08. The van der Waals surface area contributed by atoms with Crippen LogP contribution in [0.15, 0.2) is 54.9 Å². The van der Waals surface area contributed by atoms with Crippen LogP contribution in [-0.4, -0.2) is 31.5 Å². The molecule has 2 aromatic heterocycles. The zero-order valence-corrected chi connectivity index (χ0v) is 11.0. The molecule has 3 rings (SSSR count). The number of pyridine rings is 1. The summed E-state index contributed by atoms with van der Waals surface area (Å²) in [6.45, 7) is 0. The monoisotopic (exact) mass is 280 g/mol. The smallest absolute Gasteiger partial charge is 0.253 e. The highest BCUT2D eigenvalue weighted by Crippen LogP contribution is 2.18. The zero-order valence-electron chi connectivity index (χ0n) is 11.0. The molecule has 0 radical (unpaired) electrons. The number of nitrogens with one attached hydrogen (secondary N) is 2. The zero-order chi connectivity index (χ0) is 14.5. The number of hydrogen-bond donors (Lipinski definition) is 2. The van der Waals surface area contributed by atoms with Crippen LogP contribution in [0.1, 0.15) is 27.8 Å². The molecular weight excluding hydrogens is 268 g/mol. The van der Waals surface area contributed by atoms with Crippen LogP contribution in [0.2, 0.25) is 0 Å². The van der Waals surface area contributed by atoms with Crippen LogP contribution in [0, 0.1) is 0 Å². The van der Waals surface area contributed by atoms with E-state index in [1.54, 1.807) is 18.3 Å². The third-order valence-electron chi connectivity index (χ3n) is 2.95. The number of carbonyl (C=O) groups excluding carboxylic acids is 1. The number of nitrogens with zero attached hydrogens (tertiary/aromatic N) is 4. The Morgan fingerprint density at radius 1 is 1.14 bits per heavy atom. The van der Waals surface area contributed by atoms with Crippen molar-refractivity contribution >= 4 is 5.91 Å². The first-order chi connectivity index (χ1) is 10.3. The Hall–Kier alpha value is -3.09. The number of benzene rings is 1. The van der Waals surface area contributed by atoms with Gasteiger partial charge in [0.25, 0.3) is 5.91 Å². The minimum atomic E-state index is -0.474. The normalized spacial score (nSPS) is 11.8. The van der Waals surface area contributed by atoms with E-state index >= 15 is 0 Å². The van der Waals surface area contributed by atoms with Crippen LogP contribution in [0.4, 0.5) is 0 Å². The van der Waals surface area contributed by atoms with Crippen LogP contribution in [0.3, 0.4) is 0 Å². The molecular formula is C14H12N6O. The van der Waals surface area contributed by atoms with Gasteiger partial charge in [-0.3, -0.25) is 9.78 Å². The van der Waals surface area contributed by atoms with Gasteiger partial charge in [0.2, 0.25) is 5.82 Å². The van der Waals surface area contributed by atoms with Crippen molar-refractivity contribution in [2.75, 3.05) is 0 Å². The lowest BCUT2D eigenvalue weighted by Gasteiger charge is -2.15. The molecule has 0 aliphatic carbocycles. The molecule has 104 valence electrons. The molecule has 0 bridgehead atoms. The van der Waals surface area contributed by atoms with Crippen molar-refractivity contribution in [1.82, 2.24) is 30.9 Å². The van der Waals surface area contributed by atoms with E-state index in [1.165, 1.54) is 6.20 Å².